The Labute approximate surface area is 327 Å². The fourth-order valence-electron chi connectivity index (χ4n) is 7.58. The highest BCUT2D eigenvalue weighted by atomic mass is 31.2. The Balaban J connectivity index is 1.24. The van der Waals surface area contributed by atoms with Crippen molar-refractivity contribution >= 4 is 43.4 Å². The minimum atomic E-state index is -5.00. The first-order valence-corrected chi connectivity index (χ1v) is 19.6. The molecule has 1 saturated heterocycles. The number of phosphoric acid groups is 1. The summed E-state index contributed by atoms with van der Waals surface area (Å²) in [5, 5.41) is 15.9. The summed E-state index contributed by atoms with van der Waals surface area (Å²) in [5.41, 5.74) is -2.16. The molecule has 5 atom stereocenters. The molecule has 1 aliphatic carbocycles. The summed E-state index contributed by atoms with van der Waals surface area (Å²) >= 11 is 0. The number of esters is 1. The number of phosphoric ester groups is 1. The topological polar surface area (TPSA) is 262 Å². The van der Waals surface area contributed by atoms with Gasteiger partial charge in [0.15, 0.2) is 11.3 Å². The lowest BCUT2D eigenvalue weighted by Crippen LogP contribution is -2.52. The third kappa shape index (κ3) is 8.99. The van der Waals surface area contributed by atoms with Crippen LogP contribution < -0.4 is 15.5 Å². The number of nitrogens with one attached hydrogen (secondary N) is 1. The highest BCUT2D eigenvalue weighted by Crippen LogP contribution is 2.46. The van der Waals surface area contributed by atoms with E-state index in [9.17, 15) is 47.2 Å². The zero-order valence-electron chi connectivity index (χ0n) is 31.1. The van der Waals surface area contributed by atoms with Crippen LogP contribution >= 0.6 is 7.82 Å². The second kappa shape index (κ2) is 16.8. The zero-order chi connectivity index (χ0) is 42.1. The predicted molar refractivity (Wildman–Crippen MR) is 190 cm³/mol. The number of hydrogen-bond donors (Lipinski definition) is 4. The van der Waals surface area contributed by atoms with Crippen molar-refractivity contribution in [3.05, 3.63) is 63.1 Å². The number of aromatic nitrogens is 1. The van der Waals surface area contributed by atoms with Gasteiger partial charge in [0.05, 0.1) is 17.7 Å². The van der Waals surface area contributed by atoms with Crippen LogP contribution in [0.2, 0.25) is 0 Å². The van der Waals surface area contributed by atoms with E-state index in [1.807, 2.05) is 6.92 Å². The molecule has 1 saturated carbocycles. The van der Waals surface area contributed by atoms with Gasteiger partial charge in [0, 0.05) is 49.9 Å². The second-order valence-electron chi connectivity index (χ2n) is 14.5. The van der Waals surface area contributed by atoms with E-state index in [0.717, 1.165) is 12.1 Å². The number of pyridine rings is 1. The molecule has 58 heavy (non-hydrogen) atoms. The van der Waals surface area contributed by atoms with E-state index in [0.29, 0.717) is 42.4 Å². The Morgan fingerprint density at radius 1 is 1.12 bits per heavy atom. The van der Waals surface area contributed by atoms with Gasteiger partial charge in [-0.25, -0.2) is 22.7 Å². The molecule has 6 rings (SSSR count). The second-order valence-corrected chi connectivity index (χ2v) is 15.7. The highest BCUT2D eigenvalue weighted by molar-refractivity contribution is 7.46. The number of nitrogens with zero attached hydrogens (tertiary/aromatic N) is 4. The molecule has 4 heterocycles. The predicted octanol–water partition coefficient (Wildman–Crippen LogP) is 2.27. The molecular weight excluding hydrogens is 799 g/mol. The summed E-state index contributed by atoms with van der Waals surface area (Å²) in [6.07, 6.45) is 1.86. The standard InChI is InChI=1S/C35H40F2N5O15P/c1-18-10-35(57-39-18)8-7-19(2)41-14-26(35)42-13-24(31(46)38-11-20-3-5-22(36)9-25(20)37)29(45)30(28(42)32(41)47)53-16-54-33(48)23-6-4-21(23)12-40(15-27(43)44)34(49)55-17-56-58(50,51)52/h3,5,9,13,19,21,23,26H,4,6-8,10-12,14-17H2,1-2H3,(H,38,46)(H,43,44)(H2,50,51,52)/t19-,21+,23+,26+,35-/m0/s1. The quantitative estimate of drug-likeness (QED) is 0.121. The van der Waals surface area contributed by atoms with E-state index in [-0.39, 0.29) is 36.8 Å². The first kappa shape index (κ1) is 42.2. The van der Waals surface area contributed by atoms with Crippen molar-refractivity contribution in [2.24, 2.45) is 17.0 Å². The van der Waals surface area contributed by atoms with Crippen LogP contribution in [0.5, 0.6) is 5.75 Å². The van der Waals surface area contributed by atoms with Gasteiger partial charge >= 0.3 is 25.9 Å². The number of carboxylic acids is 1. The molecule has 3 aliphatic heterocycles. The lowest BCUT2D eigenvalue weighted by atomic mass is 9.73. The first-order chi connectivity index (χ1) is 27.4. The number of carboxylic acid groups (broad SMARTS) is 1. The molecule has 4 N–H and O–H groups in total. The molecule has 0 radical (unpaired) electrons. The summed E-state index contributed by atoms with van der Waals surface area (Å²) < 4.78 is 60.0. The molecular formula is C35H40F2N5O15P. The molecule has 0 unspecified atom stereocenters. The normalized spacial score (nSPS) is 23.4. The molecule has 2 aromatic rings. The number of rotatable bonds is 14. The summed E-state index contributed by atoms with van der Waals surface area (Å²) in [5.74, 6) is -7.81. The smallest absolute Gasteiger partial charge is 0.472 e. The van der Waals surface area contributed by atoms with Crippen LogP contribution in [0, 0.1) is 23.5 Å². The Morgan fingerprint density at radius 3 is 2.52 bits per heavy atom. The minimum Gasteiger partial charge on any atom is -0.480 e. The van der Waals surface area contributed by atoms with Crippen molar-refractivity contribution in [2.75, 3.05) is 33.2 Å². The Bertz CT molecular complexity index is 2150. The molecule has 1 spiro atoms. The third-order valence-corrected chi connectivity index (χ3v) is 11.1. The fraction of sp³-hybridized carbons (Fsp3) is 0.514. The van der Waals surface area contributed by atoms with E-state index in [4.69, 9.17) is 24.1 Å². The van der Waals surface area contributed by atoms with Gasteiger partial charge in [0.1, 0.15) is 23.7 Å². The van der Waals surface area contributed by atoms with Crippen LogP contribution in [0.4, 0.5) is 13.6 Å². The number of hydrogen-bond acceptors (Lipinski definition) is 13. The van der Waals surface area contributed by atoms with Crippen LogP contribution in [0.1, 0.15) is 78.4 Å². The number of carbonyl (C=O) groups is 5. The van der Waals surface area contributed by atoms with E-state index >= 15 is 0 Å². The van der Waals surface area contributed by atoms with Crippen molar-refractivity contribution in [1.82, 2.24) is 19.7 Å². The van der Waals surface area contributed by atoms with Gasteiger partial charge in [0.2, 0.25) is 24.8 Å². The molecule has 2 bridgehead atoms. The number of halogens is 2. The maximum atomic E-state index is 14.4. The third-order valence-electron chi connectivity index (χ3n) is 10.7. The highest BCUT2D eigenvalue weighted by Gasteiger charge is 2.54. The number of benzene rings is 1. The van der Waals surface area contributed by atoms with Crippen molar-refractivity contribution in [3.63, 3.8) is 0 Å². The average Bonchev–Trinajstić information content (AvgIpc) is 3.46. The van der Waals surface area contributed by atoms with E-state index in [2.05, 4.69) is 19.7 Å². The Morgan fingerprint density at radius 2 is 1.88 bits per heavy atom. The molecule has 314 valence electrons. The zero-order valence-corrected chi connectivity index (χ0v) is 32.0. The molecule has 23 heteroatoms. The summed E-state index contributed by atoms with van der Waals surface area (Å²) in [4.78, 5) is 105. The summed E-state index contributed by atoms with van der Waals surface area (Å²) in [6, 6.07) is 1.77. The average molecular weight is 840 g/mol. The summed E-state index contributed by atoms with van der Waals surface area (Å²) in [6.45, 7) is 0.0148. The SMILES string of the molecule is CC1=NO[C@@]2(CC[C@H](C)N3C[C@H]2n2cc(C(=O)NCc4ccc(F)cc4F)c(=O)c(OCOC(=O)[C@@H]4CC[C@@H]4CN(CC(=O)O)C(=O)OCOP(=O)(O)O)c2C3=O)C1. The monoisotopic (exact) mass is 839 g/mol. The van der Waals surface area contributed by atoms with Gasteiger partial charge < -0.3 is 48.7 Å². The van der Waals surface area contributed by atoms with E-state index < -0.39 is 116 Å². The van der Waals surface area contributed by atoms with Crippen molar-refractivity contribution in [2.45, 2.75) is 70.2 Å². The Hall–Kier alpha value is -5.44. The van der Waals surface area contributed by atoms with Crippen LogP contribution in [0.25, 0.3) is 0 Å². The van der Waals surface area contributed by atoms with Crippen LogP contribution in [0.3, 0.4) is 0 Å². The van der Waals surface area contributed by atoms with Gasteiger partial charge in [-0.05, 0) is 51.5 Å². The van der Waals surface area contributed by atoms with Gasteiger partial charge in [-0.2, -0.15) is 0 Å². The minimum absolute atomic E-state index is 0.0723. The lowest BCUT2D eigenvalue weighted by Gasteiger charge is -2.42. The van der Waals surface area contributed by atoms with Crippen molar-refractivity contribution < 1.29 is 75.8 Å². The largest absolute Gasteiger partial charge is 0.480 e. The van der Waals surface area contributed by atoms with Crippen LogP contribution in [-0.4, -0.2) is 110 Å². The number of amides is 3. The molecule has 2 fully saturated rings. The molecule has 1 aromatic carbocycles. The van der Waals surface area contributed by atoms with Gasteiger partial charge in [-0.1, -0.05) is 11.2 Å². The number of fused-ring (bicyclic) bond motifs is 5. The first-order valence-electron chi connectivity index (χ1n) is 18.0. The lowest BCUT2D eigenvalue weighted by molar-refractivity contribution is -0.162. The fourth-order valence-corrected chi connectivity index (χ4v) is 7.77. The van der Waals surface area contributed by atoms with E-state index in [1.165, 1.54) is 10.8 Å². The summed E-state index contributed by atoms with van der Waals surface area (Å²) in [7, 11) is -5.00. The van der Waals surface area contributed by atoms with E-state index in [1.54, 1.807) is 11.8 Å². The van der Waals surface area contributed by atoms with Crippen molar-refractivity contribution in [1.29, 1.82) is 0 Å². The van der Waals surface area contributed by atoms with Gasteiger partial charge in [-0.15, -0.1) is 0 Å². The van der Waals surface area contributed by atoms with Gasteiger partial charge in [-0.3, -0.25) is 28.9 Å². The van der Waals surface area contributed by atoms with Crippen molar-refractivity contribution in [3.8, 4) is 5.75 Å². The van der Waals surface area contributed by atoms with Crippen LogP contribution in [-0.2, 0) is 39.5 Å². The maximum absolute atomic E-state index is 14.4. The number of aliphatic carboxylic acids is 1. The number of ether oxygens (including phenoxy) is 3. The molecule has 1 aromatic heterocycles. The molecule has 4 aliphatic rings. The molecule has 3 amide bonds. The van der Waals surface area contributed by atoms with Gasteiger partial charge in [0.25, 0.3) is 11.8 Å². The van der Waals surface area contributed by atoms with Crippen LogP contribution in [0.15, 0.2) is 34.3 Å². The maximum Gasteiger partial charge on any atom is 0.472 e. The number of oxime groups is 1. The molecule has 20 nitrogen and oxygen atoms in total. The Kier molecular flexibility index (Phi) is 12.2. The number of carbonyl (C=O) groups excluding carboxylic acids is 4.